The van der Waals surface area contributed by atoms with Gasteiger partial charge in [-0.2, -0.15) is 0 Å². The highest BCUT2D eigenvalue weighted by molar-refractivity contribution is 6.34. The molecule has 5 heteroatoms. The second-order valence-electron chi connectivity index (χ2n) is 2.25. The Balaban J connectivity index is 0.00000144. The van der Waals surface area contributed by atoms with Gasteiger partial charge >= 0.3 is 0 Å². The van der Waals surface area contributed by atoms with Gasteiger partial charge in [-0.1, -0.05) is 11.6 Å². The number of carbonyl (C=O) groups is 1. The maximum absolute atomic E-state index is 12.6. The Morgan fingerprint density at radius 3 is 2.69 bits per heavy atom. The minimum absolute atomic E-state index is 0. The lowest BCUT2D eigenvalue weighted by Gasteiger charge is -2.00. The van der Waals surface area contributed by atoms with E-state index in [9.17, 15) is 9.18 Å². The second-order valence-corrected chi connectivity index (χ2v) is 2.66. The van der Waals surface area contributed by atoms with Crippen LogP contribution in [0.15, 0.2) is 18.2 Å². The predicted molar refractivity (Wildman–Crippen MR) is 52.0 cm³/mol. The zero-order chi connectivity index (χ0) is 9.14. The highest BCUT2D eigenvalue weighted by Gasteiger charge is 2.08. The number of nitrogens with two attached hydrogens (primary N) is 1. The Labute approximate surface area is 86.3 Å². The molecule has 0 radical (unpaired) electrons. The van der Waals surface area contributed by atoms with Crippen LogP contribution in [0.2, 0.25) is 5.02 Å². The van der Waals surface area contributed by atoms with Crippen LogP contribution in [0, 0.1) is 5.82 Å². The van der Waals surface area contributed by atoms with E-state index in [1.54, 1.807) is 0 Å². The van der Waals surface area contributed by atoms with E-state index >= 15 is 0 Å². The van der Waals surface area contributed by atoms with Crippen LogP contribution < -0.4 is 5.73 Å². The molecule has 0 heterocycles. The van der Waals surface area contributed by atoms with Crippen molar-refractivity contribution >= 4 is 29.8 Å². The lowest BCUT2D eigenvalue weighted by atomic mass is 10.1. The van der Waals surface area contributed by atoms with Crippen molar-refractivity contribution in [3.8, 4) is 0 Å². The summed E-state index contributed by atoms with van der Waals surface area (Å²) in [4.78, 5) is 11.0. The third-order valence-electron chi connectivity index (χ3n) is 1.41. The van der Waals surface area contributed by atoms with Crippen molar-refractivity contribution in [3.05, 3.63) is 34.6 Å². The summed E-state index contributed by atoms with van der Waals surface area (Å²) in [6.07, 6.45) is 0. The molecule has 0 aliphatic carbocycles. The first-order valence-corrected chi connectivity index (χ1v) is 3.71. The molecule has 2 N–H and O–H groups in total. The molecule has 0 saturated heterocycles. The SMILES string of the molecule is Cl.NCC(=O)c1cc(F)ccc1Cl. The van der Waals surface area contributed by atoms with Crippen LogP contribution in [0.4, 0.5) is 4.39 Å². The highest BCUT2D eigenvalue weighted by Crippen LogP contribution is 2.16. The fraction of sp³-hybridized carbons (Fsp3) is 0.125. The van der Waals surface area contributed by atoms with Crippen molar-refractivity contribution < 1.29 is 9.18 Å². The fourth-order valence-corrected chi connectivity index (χ4v) is 1.04. The Hall–Kier alpha value is -0.640. The first-order chi connectivity index (χ1) is 5.65. The molecule has 0 amide bonds. The van der Waals surface area contributed by atoms with Gasteiger partial charge in [0.25, 0.3) is 0 Å². The molecule has 72 valence electrons. The fourth-order valence-electron chi connectivity index (χ4n) is 0.821. The Bertz CT molecular complexity index is 317. The van der Waals surface area contributed by atoms with Gasteiger partial charge in [-0.3, -0.25) is 4.79 Å². The van der Waals surface area contributed by atoms with Crippen LogP contribution in [0.25, 0.3) is 0 Å². The van der Waals surface area contributed by atoms with E-state index in [2.05, 4.69) is 0 Å². The van der Waals surface area contributed by atoms with Crippen LogP contribution >= 0.6 is 24.0 Å². The molecule has 1 aromatic carbocycles. The number of ketones is 1. The largest absolute Gasteiger partial charge is 0.324 e. The zero-order valence-electron chi connectivity index (χ0n) is 6.59. The van der Waals surface area contributed by atoms with Gasteiger partial charge in [0.05, 0.1) is 11.6 Å². The lowest BCUT2D eigenvalue weighted by Crippen LogP contribution is -2.14. The summed E-state index contributed by atoms with van der Waals surface area (Å²) in [5.74, 6) is -0.851. The number of carbonyl (C=O) groups excluding carboxylic acids is 1. The van der Waals surface area contributed by atoms with E-state index in [1.165, 1.54) is 12.1 Å². The normalized spacial score (nSPS) is 9.15. The molecule has 0 saturated carbocycles. The summed E-state index contributed by atoms with van der Waals surface area (Å²) in [5.41, 5.74) is 5.23. The molecule has 0 atom stereocenters. The molecular weight excluding hydrogens is 216 g/mol. The summed E-state index contributed by atoms with van der Waals surface area (Å²) in [5, 5.41) is 0.229. The van der Waals surface area contributed by atoms with Gasteiger partial charge in [-0.15, -0.1) is 12.4 Å². The van der Waals surface area contributed by atoms with Gasteiger partial charge in [0, 0.05) is 5.56 Å². The van der Waals surface area contributed by atoms with Crippen molar-refractivity contribution in [2.45, 2.75) is 0 Å². The number of hydrogen-bond acceptors (Lipinski definition) is 2. The first kappa shape index (κ1) is 12.4. The summed E-state index contributed by atoms with van der Waals surface area (Å²) in [6.45, 7) is -0.164. The van der Waals surface area contributed by atoms with Gasteiger partial charge < -0.3 is 5.73 Å². The molecule has 1 rings (SSSR count). The van der Waals surface area contributed by atoms with E-state index in [4.69, 9.17) is 17.3 Å². The van der Waals surface area contributed by atoms with Crippen molar-refractivity contribution in [1.82, 2.24) is 0 Å². The molecule has 1 aromatic rings. The van der Waals surface area contributed by atoms with Crippen molar-refractivity contribution in [3.63, 3.8) is 0 Å². The van der Waals surface area contributed by atoms with Crippen molar-refractivity contribution in [2.24, 2.45) is 5.73 Å². The van der Waals surface area contributed by atoms with Crippen molar-refractivity contribution in [2.75, 3.05) is 6.54 Å². The van der Waals surface area contributed by atoms with E-state index in [1.807, 2.05) is 0 Å². The van der Waals surface area contributed by atoms with E-state index < -0.39 is 5.82 Å². The Kier molecular flexibility index (Phi) is 4.91. The predicted octanol–water partition coefficient (Wildman–Crippen LogP) is 2.04. The van der Waals surface area contributed by atoms with Gasteiger partial charge in [0.2, 0.25) is 0 Å². The average Bonchev–Trinajstić information content (AvgIpc) is 2.08. The van der Waals surface area contributed by atoms with E-state index in [-0.39, 0.29) is 35.3 Å². The van der Waals surface area contributed by atoms with Crippen LogP contribution in [0.1, 0.15) is 10.4 Å². The Morgan fingerprint density at radius 1 is 1.54 bits per heavy atom. The number of halogens is 3. The second kappa shape index (κ2) is 5.17. The van der Waals surface area contributed by atoms with Crippen LogP contribution in [0.5, 0.6) is 0 Å². The molecule has 0 fully saturated rings. The molecule has 0 bridgehead atoms. The third kappa shape index (κ3) is 2.95. The standard InChI is InChI=1S/C8H7ClFNO.ClH/c9-7-2-1-5(10)3-6(7)8(12)4-11;/h1-3H,4,11H2;1H. The van der Waals surface area contributed by atoms with Gasteiger partial charge in [0.1, 0.15) is 5.82 Å². The molecule has 0 aliphatic heterocycles. The molecule has 0 aromatic heterocycles. The van der Waals surface area contributed by atoms with Gasteiger partial charge in [-0.05, 0) is 18.2 Å². The van der Waals surface area contributed by atoms with Crippen LogP contribution in [-0.2, 0) is 0 Å². The van der Waals surface area contributed by atoms with Crippen molar-refractivity contribution in [1.29, 1.82) is 0 Å². The molecule has 0 spiro atoms. The highest BCUT2D eigenvalue weighted by atomic mass is 35.5. The summed E-state index contributed by atoms with van der Waals surface area (Å²) in [6, 6.07) is 3.60. The summed E-state index contributed by atoms with van der Waals surface area (Å²) >= 11 is 5.63. The first-order valence-electron chi connectivity index (χ1n) is 3.33. The summed E-state index contributed by atoms with van der Waals surface area (Å²) in [7, 11) is 0. The Morgan fingerprint density at radius 2 is 2.15 bits per heavy atom. The van der Waals surface area contributed by atoms with E-state index in [0.29, 0.717) is 0 Å². The molecule has 13 heavy (non-hydrogen) atoms. The van der Waals surface area contributed by atoms with Gasteiger partial charge in [0.15, 0.2) is 5.78 Å². The zero-order valence-corrected chi connectivity index (χ0v) is 8.16. The van der Waals surface area contributed by atoms with Gasteiger partial charge in [-0.25, -0.2) is 4.39 Å². The summed E-state index contributed by atoms with van der Waals surface area (Å²) < 4.78 is 12.6. The number of Topliss-reactive ketones (excluding diaryl/α,β-unsaturated/α-hetero) is 1. The average molecular weight is 224 g/mol. The molecule has 0 unspecified atom stereocenters. The third-order valence-corrected chi connectivity index (χ3v) is 1.74. The van der Waals surface area contributed by atoms with Crippen LogP contribution in [-0.4, -0.2) is 12.3 Å². The molecule has 2 nitrogen and oxygen atoms in total. The topological polar surface area (TPSA) is 43.1 Å². The minimum atomic E-state index is -0.490. The maximum atomic E-state index is 12.6. The monoisotopic (exact) mass is 223 g/mol. The number of benzene rings is 1. The van der Waals surface area contributed by atoms with Crippen LogP contribution in [0.3, 0.4) is 0 Å². The molecular formula is C8H8Cl2FNO. The lowest BCUT2D eigenvalue weighted by molar-refractivity contribution is 0.100. The van der Waals surface area contributed by atoms with E-state index in [0.717, 1.165) is 6.07 Å². The number of rotatable bonds is 2. The molecule has 0 aliphatic rings. The number of hydrogen-bond donors (Lipinski definition) is 1. The minimum Gasteiger partial charge on any atom is -0.324 e. The smallest absolute Gasteiger partial charge is 0.177 e. The quantitative estimate of drug-likeness (QED) is 0.781. The maximum Gasteiger partial charge on any atom is 0.177 e.